The summed E-state index contributed by atoms with van der Waals surface area (Å²) in [5.41, 5.74) is 8.17. The molecule has 16 heavy (non-hydrogen) atoms. The van der Waals surface area contributed by atoms with Crippen LogP contribution in [0.2, 0.25) is 0 Å². The molecule has 5 heteroatoms. The highest BCUT2D eigenvalue weighted by Gasteiger charge is 2.10. The van der Waals surface area contributed by atoms with E-state index >= 15 is 0 Å². The first kappa shape index (κ1) is 10.0. The number of amides is 1. The van der Waals surface area contributed by atoms with E-state index in [0.29, 0.717) is 0 Å². The van der Waals surface area contributed by atoms with Crippen molar-refractivity contribution < 1.29 is 9.90 Å². The number of carbonyl (C=O) groups excluding carboxylic acids is 1. The Bertz CT molecular complexity index is 616. The zero-order valence-electron chi connectivity index (χ0n) is 8.16. The minimum Gasteiger partial charge on any atom is -0.507 e. The van der Waals surface area contributed by atoms with Crippen LogP contribution in [0.4, 0.5) is 0 Å². The third kappa shape index (κ3) is 1.67. The molecular weight excluding hydrogens is 206 g/mol. The number of hydrogen-bond acceptors (Lipinski definition) is 2. The summed E-state index contributed by atoms with van der Waals surface area (Å²) in [6.45, 7) is 0. The molecule has 5 nitrogen and oxygen atoms in total. The van der Waals surface area contributed by atoms with E-state index in [1.165, 1.54) is 12.1 Å². The Hall–Kier alpha value is -2.52. The second-order valence-electron chi connectivity index (χ2n) is 3.21. The number of phenols is 1. The zero-order chi connectivity index (χ0) is 11.5. The van der Waals surface area contributed by atoms with Crippen LogP contribution in [-0.2, 0) is 0 Å². The molecule has 1 N–H and O–H groups in total. The van der Waals surface area contributed by atoms with Gasteiger partial charge in [0.15, 0.2) is 0 Å². The molecule has 2 rings (SSSR count). The van der Waals surface area contributed by atoms with Crippen LogP contribution in [0.5, 0.6) is 5.75 Å². The molecule has 0 saturated carbocycles. The summed E-state index contributed by atoms with van der Waals surface area (Å²) in [5.74, 6) is -0.971. The van der Waals surface area contributed by atoms with E-state index < -0.39 is 5.91 Å². The summed E-state index contributed by atoms with van der Waals surface area (Å²) in [6.07, 6.45) is 0. The van der Waals surface area contributed by atoms with Gasteiger partial charge in [0.05, 0.1) is 5.56 Å². The van der Waals surface area contributed by atoms with Gasteiger partial charge in [0.2, 0.25) is 0 Å². The summed E-state index contributed by atoms with van der Waals surface area (Å²) in [6, 6.07) is 10.2. The Morgan fingerprint density at radius 1 is 1.25 bits per heavy atom. The van der Waals surface area contributed by atoms with Gasteiger partial charge in [-0.15, -0.1) is 0 Å². The van der Waals surface area contributed by atoms with E-state index in [2.05, 4.69) is 10.0 Å². The molecule has 0 aliphatic carbocycles. The molecule has 0 spiro atoms. The molecule has 2 aromatic rings. The molecule has 0 aliphatic heterocycles. The van der Waals surface area contributed by atoms with Gasteiger partial charge in [0.1, 0.15) is 5.75 Å². The fourth-order valence-corrected chi connectivity index (χ4v) is 1.49. The van der Waals surface area contributed by atoms with Gasteiger partial charge in [-0.1, -0.05) is 24.3 Å². The highest BCUT2D eigenvalue weighted by atomic mass is 16.3. The summed E-state index contributed by atoms with van der Waals surface area (Å²) in [7, 11) is 0. The van der Waals surface area contributed by atoms with Crippen molar-refractivity contribution in [1.82, 2.24) is 0 Å². The van der Waals surface area contributed by atoms with Gasteiger partial charge in [-0.25, -0.2) is 0 Å². The number of nitrogens with zero attached hydrogens (tertiary/aromatic N) is 3. The van der Waals surface area contributed by atoms with Gasteiger partial charge in [-0.2, -0.15) is 0 Å². The molecule has 0 aliphatic rings. The highest BCUT2D eigenvalue weighted by molar-refractivity contribution is 6.01. The molecule has 0 unspecified atom stereocenters. The number of hydrogen-bond donors (Lipinski definition) is 1. The molecule has 0 radical (unpaired) electrons. The monoisotopic (exact) mass is 213 g/mol. The predicted octanol–water partition coefficient (Wildman–Crippen LogP) is 3.00. The Balaban J connectivity index is 2.67. The van der Waals surface area contributed by atoms with Crippen molar-refractivity contribution in [3.63, 3.8) is 0 Å². The van der Waals surface area contributed by atoms with Gasteiger partial charge in [-0.05, 0) is 33.6 Å². The molecule has 78 valence electrons. The first-order chi connectivity index (χ1) is 7.72. The normalized spacial score (nSPS) is 9.75. The van der Waals surface area contributed by atoms with Crippen molar-refractivity contribution >= 4 is 16.7 Å². The maximum atomic E-state index is 11.3. The standard InChI is InChI=1S/C11H7N3O2/c12-14-13-11(16)9-5-7-3-1-2-4-8(7)6-10(9)15/h1-6,15H. The summed E-state index contributed by atoms with van der Waals surface area (Å²) in [5, 5.41) is 14.2. The van der Waals surface area contributed by atoms with E-state index in [0.717, 1.165) is 10.8 Å². The van der Waals surface area contributed by atoms with Crippen LogP contribution in [0, 0.1) is 0 Å². The van der Waals surface area contributed by atoms with E-state index in [1.54, 1.807) is 0 Å². The van der Waals surface area contributed by atoms with Gasteiger partial charge in [0.25, 0.3) is 5.91 Å². The first-order valence-electron chi connectivity index (χ1n) is 4.53. The van der Waals surface area contributed by atoms with Crippen LogP contribution in [0.25, 0.3) is 21.2 Å². The summed E-state index contributed by atoms with van der Waals surface area (Å²) < 4.78 is 0. The van der Waals surface area contributed by atoms with E-state index in [4.69, 9.17) is 5.53 Å². The molecule has 0 saturated heterocycles. The average molecular weight is 213 g/mol. The lowest BCUT2D eigenvalue weighted by atomic mass is 10.1. The van der Waals surface area contributed by atoms with Gasteiger partial charge in [-0.3, -0.25) is 4.79 Å². The van der Waals surface area contributed by atoms with Crippen molar-refractivity contribution in [3.05, 3.63) is 52.4 Å². The fraction of sp³-hybridized carbons (Fsp3) is 0. The van der Waals surface area contributed by atoms with Crippen LogP contribution < -0.4 is 0 Å². The van der Waals surface area contributed by atoms with Crippen molar-refractivity contribution in [2.24, 2.45) is 5.11 Å². The second kappa shape index (κ2) is 3.92. The maximum Gasteiger partial charge on any atom is 0.252 e. The molecule has 0 atom stereocenters. The summed E-state index contributed by atoms with van der Waals surface area (Å²) >= 11 is 0. The molecule has 1 amide bonds. The fourth-order valence-electron chi connectivity index (χ4n) is 1.49. The number of aromatic hydroxyl groups is 1. The lowest BCUT2D eigenvalue weighted by molar-refractivity contribution is 0.0998. The molecule has 0 aromatic heterocycles. The van der Waals surface area contributed by atoms with Crippen LogP contribution in [-0.4, -0.2) is 11.0 Å². The third-order valence-corrected chi connectivity index (χ3v) is 2.23. The molecular formula is C11H7N3O2. The first-order valence-corrected chi connectivity index (χ1v) is 4.53. The van der Waals surface area contributed by atoms with Gasteiger partial charge < -0.3 is 5.11 Å². The van der Waals surface area contributed by atoms with Crippen molar-refractivity contribution in [1.29, 1.82) is 0 Å². The van der Waals surface area contributed by atoms with Crippen LogP contribution in [0.15, 0.2) is 41.5 Å². The Morgan fingerprint density at radius 2 is 1.88 bits per heavy atom. The topological polar surface area (TPSA) is 86.1 Å². The largest absolute Gasteiger partial charge is 0.507 e. The quantitative estimate of drug-likeness (QED) is 0.448. The zero-order valence-corrected chi connectivity index (χ0v) is 8.16. The van der Waals surface area contributed by atoms with E-state index in [-0.39, 0.29) is 11.3 Å². The number of fused-ring (bicyclic) bond motifs is 1. The SMILES string of the molecule is [N-]=[N+]=NC(=O)c1cc2ccccc2cc1O. The molecule has 2 aromatic carbocycles. The smallest absolute Gasteiger partial charge is 0.252 e. The average Bonchev–Trinajstić information content (AvgIpc) is 2.28. The maximum absolute atomic E-state index is 11.3. The third-order valence-electron chi connectivity index (χ3n) is 2.23. The molecule has 0 heterocycles. The Labute approximate surface area is 90.6 Å². The number of phenolic OH excluding ortho intramolecular Hbond substituents is 1. The van der Waals surface area contributed by atoms with E-state index in [1.807, 2.05) is 24.3 Å². The Kier molecular flexibility index (Phi) is 2.45. The lowest BCUT2D eigenvalue weighted by Gasteiger charge is -2.03. The van der Waals surface area contributed by atoms with Crippen molar-refractivity contribution in [2.75, 3.05) is 0 Å². The minimum atomic E-state index is -0.786. The van der Waals surface area contributed by atoms with Gasteiger partial charge >= 0.3 is 0 Å². The lowest BCUT2D eigenvalue weighted by Crippen LogP contribution is -1.93. The van der Waals surface area contributed by atoms with Crippen LogP contribution >= 0.6 is 0 Å². The summed E-state index contributed by atoms with van der Waals surface area (Å²) in [4.78, 5) is 13.7. The second-order valence-corrected chi connectivity index (χ2v) is 3.21. The molecule has 0 fully saturated rings. The van der Waals surface area contributed by atoms with Crippen LogP contribution in [0.3, 0.4) is 0 Å². The van der Waals surface area contributed by atoms with Crippen LogP contribution in [0.1, 0.15) is 10.4 Å². The predicted molar refractivity (Wildman–Crippen MR) is 59.1 cm³/mol. The van der Waals surface area contributed by atoms with E-state index in [9.17, 15) is 9.90 Å². The number of rotatable bonds is 1. The number of benzene rings is 2. The van der Waals surface area contributed by atoms with Crippen molar-refractivity contribution in [3.8, 4) is 5.75 Å². The van der Waals surface area contributed by atoms with Gasteiger partial charge in [0, 0.05) is 4.91 Å². The number of carbonyl (C=O) groups is 1. The molecule has 0 bridgehead atoms. The van der Waals surface area contributed by atoms with Crippen molar-refractivity contribution in [2.45, 2.75) is 0 Å². The number of azide groups is 1. The minimum absolute atomic E-state index is 0.0106. The Morgan fingerprint density at radius 3 is 2.50 bits per heavy atom. The highest BCUT2D eigenvalue weighted by Crippen LogP contribution is 2.25.